The minimum Gasteiger partial charge on any atom is -0.490 e. The Morgan fingerprint density at radius 3 is 2.75 bits per heavy atom. The normalized spacial score (nSPS) is 13.6. The van der Waals surface area contributed by atoms with Crippen LogP contribution in [-0.4, -0.2) is 19.1 Å². The first-order valence-electron chi connectivity index (χ1n) is 6.78. The van der Waals surface area contributed by atoms with Crippen molar-refractivity contribution < 1.29 is 9.53 Å². The van der Waals surface area contributed by atoms with E-state index in [-0.39, 0.29) is 5.91 Å². The molecule has 3 nitrogen and oxygen atoms in total. The van der Waals surface area contributed by atoms with Gasteiger partial charge in [0.25, 0.3) is 5.91 Å². The molecule has 1 aliphatic heterocycles. The highest BCUT2D eigenvalue weighted by atomic mass is 16.5. The number of amides is 1. The van der Waals surface area contributed by atoms with Gasteiger partial charge in [0.2, 0.25) is 0 Å². The summed E-state index contributed by atoms with van der Waals surface area (Å²) in [4.78, 5) is 14.6. The summed E-state index contributed by atoms with van der Waals surface area (Å²) in [5, 5.41) is 0. The van der Waals surface area contributed by atoms with Crippen LogP contribution in [0.4, 0.5) is 5.69 Å². The van der Waals surface area contributed by atoms with Crippen molar-refractivity contribution in [1.29, 1.82) is 0 Å². The fourth-order valence-corrected chi connectivity index (χ4v) is 2.50. The molecule has 3 rings (SSSR count). The minimum atomic E-state index is 0.0400. The van der Waals surface area contributed by atoms with E-state index in [1.54, 1.807) is 0 Å². The van der Waals surface area contributed by atoms with Crippen molar-refractivity contribution in [2.45, 2.75) is 13.8 Å². The highest BCUT2D eigenvalue weighted by Gasteiger charge is 2.25. The number of nitrogens with zero attached hydrogens (tertiary/aromatic N) is 1. The first kappa shape index (κ1) is 12.7. The highest BCUT2D eigenvalue weighted by molar-refractivity contribution is 6.08. The molecular weight excluding hydrogens is 250 g/mol. The first-order chi connectivity index (χ1) is 9.66. The summed E-state index contributed by atoms with van der Waals surface area (Å²) < 4.78 is 5.63. The van der Waals surface area contributed by atoms with Crippen molar-refractivity contribution in [2.75, 3.05) is 18.1 Å². The Kier molecular flexibility index (Phi) is 3.18. The molecule has 20 heavy (non-hydrogen) atoms. The smallest absolute Gasteiger partial charge is 0.258 e. The number of carbonyl (C=O) groups excluding carboxylic acids is 1. The van der Waals surface area contributed by atoms with Gasteiger partial charge < -0.3 is 9.64 Å². The molecule has 102 valence electrons. The third kappa shape index (κ3) is 2.16. The van der Waals surface area contributed by atoms with Crippen LogP contribution in [0.3, 0.4) is 0 Å². The zero-order valence-electron chi connectivity index (χ0n) is 11.7. The summed E-state index contributed by atoms with van der Waals surface area (Å²) in [7, 11) is 0. The number of hydrogen-bond donors (Lipinski definition) is 0. The second kappa shape index (κ2) is 5.00. The van der Waals surface area contributed by atoms with Gasteiger partial charge in [0.1, 0.15) is 12.4 Å². The van der Waals surface area contributed by atoms with Crippen LogP contribution in [0.5, 0.6) is 5.75 Å². The summed E-state index contributed by atoms with van der Waals surface area (Å²) in [5.41, 5.74) is 3.74. The van der Waals surface area contributed by atoms with Gasteiger partial charge in [-0.3, -0.25) is 4.79 Å². The van der Waals surface area contributed by atoms with Gasteiger partial charge in [-0.2, -0.15) is 0 Å². The van der Waals surface area contributed by atoms with E-state index in [4.69, 9.17) is 4.74 Å². The van der Waals surface area contributed by atoms with E-state index in [9.17, 15) is 4.79 Å². The topological polar surface area (TPSA) is 29.5 Å². The SMILES string of the molecule is Cc1ccc2c(c1)N(C(=O)c1ccccc1C)CCO2. The Morgan fingerprint density at radius 1 is 1.15 bits per heavy atom. The average molecular weight is 267 g/mol. The Bertz CT molecular complexity index is 664. The van der Waals surface area contributed by atoms with Gasteiger partial charge in [0.15, 0.2) is 0 Å². The molecule has 1 amide bonds. The Morgan fingerprint density at radius 2 is 1.95 bits per heavy atom. The second-order valence-corrected chi connectivity index (χ2v) is 5.09. The van der Waals surface area contributed by atoms with Crippen LogP contribution in [0.2, 0.25) is 0 Å². The summed E-state index contributed by atoms with van der Waals surface area (Å²) in [6.07, 6.45) is 0. The third-order valence-corrected chi connectivity index (χ3v) is 3.60. The van der Waals surface area contributed by atoms with Crippen LogP contribution in [0.15, 0.2) is 42.5 Å². The number of anilines is 1. The van der Waals surface area contributed by atoms with Crippen molar-refractivity contribution in [1.82, 2.24) is 0 Å². The standard InChI is InChI=1S/C17H17NO2/c1-12-7-8-16-15(11-12)18(9-10-20-16)17(19)14-6-4-3-5-13(14)2/h3-8,11H,9-10H2,1-2H3. The lowest BCUT2D eigenvalue weighted by molar-refractivity contribution is 0.0976. The molecule has 0 unspecified atom stereocenters. The lowest BCUT2D eigenvalue weighted by atomic mass is 10.1. The van der Waals surface area contributed by atoms with Crippen LogP contribution in [0.1, 0.15) is 21.5 Å². The molecule has 1 aliphatic rings. The maximum Gasteiger partial charge on any atom is 0.258 e. The summed E-state index contributed by atoms with van der Waals surface area (Å²) >= 11 is 0. The Hall–Kier alpha value is -2.29. The Labute approximate surface area is 118 Å². The zero-order chi connectivity index (χ0) is 14.1. The third-order valence-electron chi connectivity index (χ3n) is 3.60. The minimum absolute atomic E-state index is 0.0400. The van der Waals surface area contributed by atoms with Gasteiger partial charge >= 0.3 is 0 Å². The summed E-state index contributed by atoms with van der Waals surface area (Å²) in [6, 6.07) is 13.6. The number of rotatable bonds is 1. The van der Waals surface area contributed by atoms with Gasteiger partial charge in [-0.25, -0.2) is 0 Å². The molecule has 3 heteroatoms. The molecule has 0 bridgehead atoms. The monoisotopic (exact) mass is 267 g/mol. The predicted octanol–water partition coefficient (Wildman–Crippen LogP) is 3.34. The quantitative estimate of drug-likeness (QED) is 0.793. The van der Waals surface area contributed by atoms with Crippen LogP contribution < -0.4 is 9.64 Å². The fourth-order valence-electron chi connectivity index (χ4n) is 2.50. The first-order valence-corrected chi connectivity index (χ1v) is 6.78. The number of aryl methyl sites for hydroxylation is 2. The molecule has 2 aromatic rings. The van der Waals surface area contributed by atoms with Crippen molar-refractivity contribution >= 4 is 11.6 Å². The van der Waals surface area contributed by atoms with Crippen molar-refractivity contribution in [3.63, 3.8) is 0 Å². The fraction of sp³-hybridized carbons (Fsp3) is 0.235. The molecule has 0 spiro atoms. The van der Waals surface area contributed by atoms with Crippen molar-refractivity contribution in [3.8, 4) is 5.75 Å². The van der Waals surface area contributed by atoms with Crippen molar-refractivity contribution in [2.24, 2.45) is 0 Å². The van der Waals surface area contributed by atoms with Gasteiger partial charge in [-0.05, 0) is 43.2 Å². The van der Waals surface area contributed by atoms with E-state index < -0.39 is 0 Å². The number of fused-ring (bicyclic) bond motifs is 1. The van der Waals surface area contributed by atoms with Crippen LogP contribution in [0, 0.1) is 13.8 Å². The van der Waals surface area contributed by atoms with Crippen LogP contribution >= 0.6 is 0 Å². The molecule has 0 fully saturated rings. The lowest BCUT2D eigenvalue weighted by Crippen LogP contribution is -2.38. The number of hydrogen-bond acceptors (Lipinski definition) is 2. The van der Waals surface area contributed by atoms with Gasteiger partial charge in [0.05, 0.1) is 12.2 Å². The van der Waals surface area contributed by atoms with E-state index in [0.717, 1.165) is 28.1 Å². The largest absolute Gasteiger partial charge is 0.490 e. The van der Waals surface area contributed by atoms with E-state index in [0.29, 0.717) is 13.2 Å². The maximum atomic E-state index is 12.8. The molecule has 0 aromatic heterocycles. The number of benzene rings is 2. The second-order valence-electron chi connectivity index (χ2n) is 5.09. The Balaban J connectivity index is 2.03. The molecule has 2 aromatic carbocycles. The van der Waals surface area contributed by atoms with Crippen molar-refractivity contribution in [3.05, 3.63) is 59.2 Å². The molecule has 0 aliphatic carbocycles. The van der Waals surface area contributed by atoms with Gasteiger partial charge in [-0.15, -0.1) is 0 Å². The molecule has 0 N–H and O–H groups in total. The molecule has 0 radical (unpaired) electrons. The predicted molar refractivity (Wildman–Crippen MR) is 79.5 cm³/mol. The van der Waals surface area contributed by atoms with Crippen LogP contribution in [0.25, 0.3) is 0 Å². The summed E-state index contributed by atoms with van der Waals surface area (Å²) in [5.74, 6) is 0.821. The summed E-state index contributed by atoms with van der Waals surface area (Å²) in [6.45, 7) is 5.10. The molecule has 0 atom stereocenters. The van der Waals surface area contributed by atoms with E-state index in [1.807, 2.05) is 61.2 Å². The molecule has 1 heterocycles. The zero-order valence-corrected chi connectivity index (χ0v) is 11.7. The van der Waals surface area contributed by atoms with Gasteiger partial charge in [0, 0.05) is 5.56 Å². The lowest BCUT2D eigenvalue weighted by Gasteiger charge is -2.30. The number of carbonyl (C=O) groups is 1. The van der Waals surface area contributed by atoms with E-state index in [2.05, 4.69) is 0 Å². The maximum absolute atomic E-state index is 12.8. The average Bonchev–Trinajstić information content (AvgIpc) is 2.46. The van der Waals surface area contributed by atoms with E-state index in [1.165, 1.54) is 0 Å². The van der Waals surface area contributed by atoms with Gasteiger partial charge in [-0.1, -0.05) is 24.3 Å². The number of ether oxygens (including phenoxy) is 1. The van der Waals surface area contributed by atoms with E-state index >= 15 is 0 Å². The molecule has 0 saturated heterocycles. The van der Waals surface area contributed by atoms with Crippen LogP contribution in [-0.2, 0) is 0 Å². The molecular formula is C17H17NO2. The molecule has 0 saturated carbocycles. The highest BCUT2D eigenvalue weighted by Crippen LogP contribution is 2.33.